The summed E-state index contributed by atoms with van der Waals surface area (Å²) in [6.45, 7) is 4.03. The first kappa shape index (κ1) is 36.4. The van der Waals surface area contributed by atoms with Crippen LogP contribution in [-0.2, 0) is 38.8 Å². The SMILES string of the molecule is CC(C)(C)NC(=O)[C@@H](Cc1ccccc1)N(Cc1ccc(F)cc1)C(=O)CN(c1ccc(Cl)c(C(F)(F)F)c1)S(=O)(=O)c1ccccc1. The first-order valence-electron chi connectivity index (χ1n) is 14.8. The summed E-state index contributed by atoms with van der Waals surface area (Å²) < 4.78 is 84.2. The van der Waals surface area contributed by atoms with Crippen molar-refractivity contribution in [3.63, 3.8) is 0 Å². The van der Waals surface area contributed by atoms with Gasteiger partial charge in [0.05, 0.1) is 21.2 Å². The smallest absolute Gasteiger partial charge is 0.350 e. The normalized spacial score (nSPS) is 12.7. The summed E-state index contributed by atoms with van der Waals surface area (Å²) in [5, 5.41) is 2.22. The highest BCUT2D eigenvalue weighted by molar-refractivity contribution is 7.92. The van der Waals surface area contributed by atoms with Crippen molar-refractivity contribution in [1.82, 2.24) is 10.2 Å². The third-order valence-corrected chi connectivity index (χ3v) is 9.31. The summed E-state index contributed by atoms with van der Waals surface area (Å²) in [5.74, 6) is -1.98. The number of sulfonamides is 1. The third-order valence-electron chi connectivity index (χ3n) is 7.19. The molecule has 0 radical (unpaired) electrons. The molecule has 7 nitrogen and oxygen atoms in total. The van der Waals surface area contributed by atoms with E-state index in [0.717, 1.165) is 17.0 Å². The van der Waals surface area contributed by atoms with Crippen LogP contribution in [0.5, 0.6) is 0 Å². The van der Waals surface area contributed by atoms with Gasteiger partial charge in [0.1, 0.15) is 18.4 Å². The van der Waals surface area contributed by atoms with Crippen molar-refractivity contribution in [3.8, 4) is 0 Å². The van der Waals surface area contributed by atoms with Gasteiger partial charge in [-0.3, -0.25) is 13.9 Å². The van der Waals surface area contributed by atoms with E-state index in [4.69, 9.17) is 11.6 Å². The molecule has 0 aromatic heterocycles. The molecule has 48 heavy (non-hydrogen) atoms. The van der Waals surface area contributed by atoms with Gasteiger partial charge in [0, 0.05) is 18.5 Å². The summed E-state index contributed by atoms with van der Waals surface area (Å²) in [6, 6.07) is 22.3. The molecule has 0 aliphatic heterocycles. The maximum absolute atomic E-state index is 14.4. The third kappa shape index (κ3) is 9.35. The number of amides is 2. The van der Waals surface area contributed by atoms with Crippen molar-refractivity contribution in [3.05, 3.63) is 131 Å². The van der Waals surface area contributed by atoms with E-state index in [1.807, 2.05) is 0 Å². The van der Waals surface area contributed by atoms with E-state index in [9.17, 15) is 35.6 Å². The maximum Gasteiger partial charge on any atom is 0.417 e. The summed E-state index contributed by atoms with van der Waals surface area (Å²) in [6.07, 6.45) is -4.92. The summed E-state index contributed by atoms with van der Waals surface area (Å²) in [7, 11) is -4.64. The van der Waals surface area contributed by atoms with Gasteiger partial charge in [0.2, 0.25) is 11.8 Å². The Balaban J connectivity index is 1.87. The van der Waals surface area contributed by atoms with Gasteiger partial charge < -0.3 is 10.2 Å². The van der Waals surface area contributed by atoms with Crippen molar-refractivity contribution in [2.45, 2.75) is 56.4 Å². The number of alkyl halides is 3. The summed E-state index contributed by atoms with van der Waals surface area (Å²) in [5.41, 5.74) is -1.38. The molecule has 0 aliphatic rings. The molecule has 1 atom stereocenters. The summed E-state index contributed by atoms with van der Waals surface area (Å²) >= 11 is 5.85. The molecule has 0 aliphatic carbocycles. The minimum absolute atomic E-state index is 0.0142. The van der Waals surface area contributed by atoms with E-state index in [0.29, 0.717) is 21.5 Å². The Hall–Kier alpha value is -4.42. The zero-order valence-corrected chi connectivity index (χ0v) is 27.9. The van der Waals surface area contributed by atoms with Crippen LogP contribution in [-0.4, -0.2) is 43.3 Å². The number of carbonyl (C=O) groups excluding carboxylic acids is 2. The molecule has 0 saturated carbocycles. The first-order chi connectivity index (χ1) is 22.5. The van der Waals surface area contributed by atoms with Crippen LogP contribution in [0.2, 0.25) is 5.02 Å². The number of benzene rings is 4. The van der Waals surface area contributed by atoms with Crippen molar-refractivity contribution < 1.29 is 35.6 Å². The molecule has 0 unspecified atom stereocenters. The zero-order valence-electron chi connectivity index (χ0n) is 26.3. The lowest BCUT2D eigenvalue weighted by Crippen LogP contribution is -2.56. The van der Waals surface area contributed by atoms with Gasteiger partial charge in [-0.2, -0.15) is 13.2 Å². The minimum atomic E-state index is -4.93. The molecule has 0 heterocycles. The Morgan fingerprint density at radius 1 is 0.833 bits per heavy atom. The second-order valence-electron chi connectivity index (χ2n) is 12.1. The zero-order chi connectivity index (χ0) is 35.3. The molecule has 1 N–H and O–H groups in total. The lowest BCUT2D eigenvalue weighted by molar-refractivity contribution is -0.140. The van der Waals surface area contributed by atoms with E-state index in [2.05, 4.69) is 5.32 Å². The van der Waals surface area contributed by atoms with Crippen LogP contribution in [0.1, 0.15) is 37.5 Å². The number of rotatable bonds is 11. The standard InChI is InChI=1S/C35H34ClF4N3O4S/c1-34(2,3)41-33(45)31(20-24-10-6-4-7-11-24)42(22-25-14-16-26(37)17-15-25)32(44)23-43(48(46,47)28-12-8-5-9-13-28)27-18-19-30(36)29(21-27)35(38,39)40/h4-19,21,31H,20,22-23H2,1-3H3,(H,41,45)/t31-/m1/s1. The fourth-order valence-electron chi connectivity index (χ4n) is 4.93. The van der Waals surface area contributed by atoms with Gasteiger partial charge in [-0.1, -0.05) is 72.3 Å². The van der Waals surface area contributed by atoms with Gasteiger partial charge in [-0.25, -0.2) is 12.8 Å². The van der Waals surface area contributed by atoms with Gasteiger partial charge in [0.25, 0.3) is 10.0 Å². The van der Waals surface area contributed by atoms with Crippen molar-refractivity contribution in [2.75, 3.05) is 10.8 Å². The van der Waals surface area contributed by atoms with Gasteiger partial charge >= 0.3 is 6.18 Å². The van der Waals surface area contributed by atoms with Crippen LogP contribution < -0.4 is 9.62 Å². The van der Waals surface area contributed by atoms with Crippen LogP contribution >= 0.6 is 11.6 Å². The highest BCUT2D eigenvalue weighted by atomic mass is 35.5. The Bertz CT molecular complexity index is 1830. The summed E-state index contributed by atoms with van der Waals surface area (Å²) in [4.78, 5) is 29.2. The van der Waals surface area contributed by atoms with E-state index < -0.39 is 68.2 Å². The molecule has 0 bridgehead atoms. The molecule has 4 rings (SSSR count). The average Bonchev–Trinajstić information content (AvgIpc) is 3.02. The maximum atomic E-state index is 14.4. The molecule has 0 fully saturated rings. The molecule has 4 aromatic rings. The second-order valence-corrected chi connectivity index (χ2v) is 14.3. The molecule has 13 heteroatoms. The highest BCUT2D eigenvalue weighted by Crippen LogP contribution is 2.38. The number of anilines is 1. The van der Waals surface area contributed by atoms with E-state index in [1.54, 1.807) is 57.2 Å². The fourth-order valence-corrected chi connectivity index (χ4v) is 6.58. The first-order valence-corrected chi connectivity index (χ1v) is 16.6. The Kier molecular flexibility index (Phi) is 11.2. The van der Waals surface area contributed by atoms with E-state index >= 15 is 0 Å². The lowest BCUT2D eigenvalue weighted by Gasteiger charge is -2.35. The number of halogens is 5. The lowest BCUT2D eigenvalue weighted by atomic mass is 10.0. The molecule has 2 amide bonds. The molecular weight excluding hydrogens is 670 g/mol. The molecule has 254 valence electrons. The number of nitrogens with one attached hydrogen (secondary N) is 1. The molecule has 0 spiro atoms. The van der Waals surface area contributed by atoms with Crippen LogP contribution in [0.25, 0.3) is 0 Å². The highest BCUT2D eigenvalue weighted by Gasteiger charge is 2.38. The topological polar surface area (TPSA) is 86.8 Å². The Morgan fingerprint density at radius 2 is 1.42 bits per heavy atom. The number of hydrogen-bond donors (Lipinski definition) is 1. The van der Waals surface area contributed by atoms with Crippen molar-refractivity contribution in [1.29, 1.82) is 0 Å². The molecule has 0 saturated heterocycles. The van der Waals surface area contributed by atoms with E-state index in [1.165, 1.54) is 48.5 Å². The van der Waals surface area contributed by atoms with Crippen LogP contribution in [0.15, 0.2) is 108 Å². The predicted molar refractivity (Wildman–Crippen MR) is 176 cm³/mol. The quantitative estimate of drug-likeness (QED) is 0.167. The number of hydrogen-bond acceptors (Lipinski definition) is 4. The predicted octanol–water partition coefficient (Wildman–Crippen LogP) is 7.25. The van der Waals surface area contributed by atoms with Crippen LogP contribution in [0.3, 0.4) is 0 Å². The van der Waals surface area contributed by atoms with Crippen LogP contribution in [0.4, 0.5) is 23.2 Å². The number of nitrogens with zero attached hydrogens (tertiary/aromatic N) is 2. The fraction of sp³-hybridized carbons (Fsp3) is 0.257. The van der Waals surface area contributed by atoms with Crippen molar-refractivity contribution in [2.24, 2.45) is 0 Å². The van der Waals surface area contributed by atoms with E-state index in [-0.39, 0.29) is 17.9 Å². The molecule has 4 aromatic carbocycles. The Labute approximate surface area is 282 Å². The molecular formula is C35H34ClF4N3O4S. The van der Waals surface area contributed by atoms with Gasteiger partial charge in [0.15, 0.2) is 0 Å². The van der Waals surface area contributed by atoms with Crippen LogP contribution in [0, 0.1) is 5.82 Å². The minimum Gasteiger partial charge on any atom is -0.350 e. The monoisotopic (exact) mass is 703 g/mol. The largest absolute Gasteiger partial charge is 0.417 e. The second kappa shape index (κ2) is 14.8. The average molecular weight is 704 g/mol. The van der Waals surface area contributed by atoms with Gasteiger partial charge in [-0.15, -0.1) is 0 Å². The van der Waals surface area contributed by atoms with Gasteiger partial charge in [-0.05, 0) is 74.4 Å². The number of carbonyl (C=O) groups is 2. The van der Waals surface area contributed by atoms with Crippen molar-refractivity contribution >= 4 is 39.1 Å². The Morgan fingerprint density at radius 3 is 1.98 bits per heavy atom.